The molecular weight excluding hydrogens is 268 g/mol. The Morgan fingerprint density at radius 3 is 1.55 bits per heavy atom. The Labute approximate surface area is 133 Å². The second-order valence-corrected chi connectivity index (χ2v) is 6.93. The highest BCUT2D eigenvalue weighted by Gasteiger charge is 2.58. The molecule has 1 aliphatic carbocycles. The molecule has 1 aliphatic heterocycles. The van der Waals surface area contributed by atoms with Gasteiger partial charge in [-0.05, 0) is 28.4 Å². The van der Waals surface area contributed by atoms with E-state index in [1.807, 2.05) is 0 Å². The van der Waals surface area contributed by atoms with Crippen LogP contribution in [0.15, 0.2) is 60.7 Å². The van der Waals surface area contributed by atoms with Gasteiger partial charge in [0.15, 0.2) is 0 Å². The van der Waals surface area contributed by atoms with Crippen molar-refractivity contribution < 1.29 is 4.74 Å². The number of ether oxygens (including phenoxy) is 1. The standard InChI is InChI=1S/C21H22O/c1-21(2)19(15-9-5-3-6-10-15)17-13-22-14-18(17)20(21)16-11-7-4-8-12-16/h3-12,17-18H,13-14H2,1-2H3. The van der Waals surface area contributed by atoms with Crippen LogP contribution in [0.25, 0.3) is 0 Å². The van der Waals surface area contributed by atoms with E-state index >= 15 is 0 Å². The van der Waals surface area contributed by atoms with Gasteiger partial charge in [-0.3, -0.25) is 0 Å². The Kier molecular flexibility index (Phi) is 3.34. The summed E-state index contributed by atoms with van der Waals surface area (Å²) in [5.41, 5.74) is 2.83. The molecule has 1 nitrogen and oxygen atoms in total. The van der Waals surface area contributed by atoms with E-state index in [1.54, 1.807) is 11.8 Å². The van der Waals surface area contributed by atoms with E-state index in [0.29, 0.717) is 11.8 Å². The number of benzene rings is 2. The van der Waals surface area contributed by atoms with Crippen molar-refractivity contribution in [2.24, 2.45) is 17.3 Å². The van der Waals surface area contributed by atoms with Crippen molar-refractivity contribution in [1.29, 1.82) is 0 Å². The molecule has 2 atom stereocenters. The van der Waals surface area contributed by atoms with Crippen molar-refractivity contribution in [2.45, 2.75) is 13.8 Å². The maximum Gasteiger partial charge on any atom is 0.0507 e. The van der Waals surface area contributed by atoms with Crippen molar-refractivity contribution >= 4 is 0 Å². The van der Waals surface area contributed by atoms with Gasteiger partial charge in [-0.1, -0.05) is 74.5 Å². The summed E-state index contributed by atoms with van der Waals surface area (Å²) < 4.78 is 5.87. The lowest BCUT2D eigenvalue weighted by atomic mass is 9.69. The maximum absolute atomic E-state index is 5.87. The van der Waals surface area contributed by atoms with Crippen LogP contribution >= 0.6 is 0 Å². The van der Waals surface area contributed by atoms with E-state index in [4.69, 9.17) is 4.74 Å². The van der Waals surface area contributed by atoms with Gasteiger partial charge < -0.3 is 4.74 Å². The summed E-state index contributed by atoms with van der Waals surface area (Å²) in [6.45, 7) is 6.48. The lowest BCUT2D eigenvalue weighted by Gasteiger charge is -2.35. The molecule has 0 aromatic heterocycles. The summed E-state index contributed by atoms with van der Waals surface area (Å²) in [7, 11) is 0. The van der Waals surface area contributed by atoms with E-state index < -0.39 is 0 Å². The molecule has 0 N–H and O–H groups in total. The Bertz CT molecular complexity index is 576. The smallest absolute Gasteiger partial charge is 0.0507 e. The van der Waals surface area contributed by atoms with Crippen molar-refractivity contribution in [3.05, 3.63) is 83.6 Å². The van der Waals surface area contributed by atoms with Crippen LogP contribution in [0.2, 0.25) is 0 Å². The summed E-state index contributed by atoms with van der Waals surface area (Å²) in [6, 6.07) is 21.8. The SMILES string of the molecule is CC1(C)[C](c2ccccc2)C2COCC2[C]1c1ccccc1. The van der Waals surface area contributed by atoms with Gasteiger partial charge in [0.2, 0.25) is 0 Å². The Morgan fingerprint density at radius 1 is 0.727 bits per heavy atom. The summed E-state index contributed by atoms with van der Waals surface area (Å²) in [5, 5.41) is 0. The second-order valence-electron chi connectivity index (χ2n) is 6.93. The van der Waals surface area contributed by atoms with Gasteiger partial charge in [-0.2, -0.15) is 0 Å². The molecule has 2 aromatic carbocycles. The van der Waals surface area contributed by atoms with E-state index in [0.717, 1.165) is 13.2 Å². The van der Waals surface area contributed by atoms with Gasteiger partial charge in [-0.15, -0.1) is 0 Å². The lowest BCUT2D eigenvalue weighted by Crippen LogP contribution is -2.27. The van der Waals surface area contributed by atoms with Gasteiger partial charge in [0.05, 0.1) is 13.2 Å². The molecule has 2 aliphatic rings. The molecule has 22 heavy (non-hydrogen) atoms. The molecule has 2 aromatic rings. The van der Waals surface area contributed by atoms with Crippen LogP contribution in [0.3, 0.4) is 0 Å². The molecule has 0 amide bonds. The minimum atomic E-state index is 0.0851. The molecule has 4 rings (SSSR count). The minimum Gasteiger partial charge on any atom is -0.381 e. The molecule has 1 heterocycles. The van der Waals surface area contributed by atoms with Gasteiger partial charge >= 0.3 is 0 Å². The van der Waals surface area contributed by atoms with Crippen LogP contribution in [0.5, 0.6) is 0 Å². The highest BCUT2D eigenvalue weighted by Crippen LogP contribution is 2.62. The number of rotatable bonds is 2. The fourth-order valence-corrected chi connectivity index (χ4v) is 4.58. The van der Waals surface area contributed by atoms with E-state index in [2.05, 4.69) is 74.5 Å². The molecule has 1 heteroatoms. The third kappa shape index (κ3) is 2.03. The normalized spacial score (nSPS) is 27.9. The van der Waals surface area contributed by atoms with E-state index in [1.165, 1.54) is 11.1 Å². The van der Waals surface area contributed by atoms with Gasteiger partial charge in [-0.25, -0.2) is 0 Å². The van der Waals surface area contributed by atoms with Crippen LogP contribution in [0, 0.1) is 29.1 Å². The second kappa shape index (κ2) is 5.24. The first kappa shape index (κ1) is 14.0. The van der Waals surface area contributed by atoms with Gasteiger partial charge in [0.1, 0.15) is 0 Å². The summed E-state index contributed by atoms with van der Waals surface area (Å²) in [4.78, 5) is 0. The van der Waals surface area contributed by atoms with Crippen LogP contribution in [-0.2, 0) is 4.74 Å². The van der Waals surface area contributed by atoms with Crippen LogP contribution in [0.1, 0.15) is 25.0 Å². The first-order valence-corrected chi connectivity index (χ1v) is 8.13. The van der Waals surface area contributed by atoms with Crippen molar-refractivity contribution in [1.82, 2.24) is 0 Å². The zero-order valence-electron chi connectivity index (χ0n) is 13.3. The average molecular weight is 290 g/mol. The van der Waals surface area contributed by atoms with Crippen molar-refractivity contribution in [2.75, 3.05) is 13.2 Å². The molecule has 0 spiro atoms. The third-order valence-corrected chi connectivity index (χ3v) is 5.34. The summed E-state index contributed by atoms with van der Waals surface area (Å²) in [5.74, 6) is 4.14. The highest BCUT2D eigenvalue weighted by molar-refractivity contribution is 5.52. The van der Waals surface area contributed by atoms with Gasteiger partial charge in [0, 0.05) is 11.8 Å². The van der Waals surface area contributed by atoms with E-state index in [-0.39, 0.29) is 5.41 Å². The van der Waals surface area contributed by atoms with Crippen LogP contribution in [0.4, 0.5) is 0 Å². The molecule has 1 saturated carbocycles. The zero-order chi connectivity index (χ0) is 15.2. The minimum absolute atomic E-state index is 0.0851. The number of hydrogen-bond donors (Lipinski definition) is 0. The van der Waals surface area contributed by atoms with Crippen LogP contribution in [-0.4, -0.2) is 13.2 Å². The van der Waals surface area contributed by atoms with Crippen molar-refractivity contribution in [3.8, 4) is 0 Å². The zero-order valence-corrected chi connectivity index (χ0v) is 13.3. The fraction of sp³-hybridized carbons (Fsp3) is 0.333. The fourth-order valence-electron chi connectivity index (χ4n) is 4.58. The van der Waals surface area contributed by atoms with E-state index in [9.17, 15) is 0 Å². The quantitative estimate of drug-likeness (QED) is 0.789. The predicted molar refractivity (Wildman–Crippen MR) is 89.2 cm³/mol. The van der Waals surface area contributed by atoms with Crippen LogP contribution < -0.4 is 0 Å². The molecule has 2 unspecified atom stereocenters. The molecule has 2 fully saturated rings. The number of fused-ring (bicyclic) bond motifs is 1. The Morgan fingerprint density at radius 2 is 1.14 bits per heavy atom. The monoisotopic (exact) mass is 290 g/mol. The Balaban J connectivity index is 1.81. The molecular formula is C21H22O. The largest absolute Gasteiger partial charge is 0.381 e. The third-order valence-electron chi connectivity index (χ3n) is 5.34. The molecule has 0 bridgehead atoms. The highest BCUT2D eigenvalue weighted by atomic mass is 16.5. The molecule has 1 saturated heterocycles. The summed E-state index contributed by atoms with van der Waals surface area (Å²) >= 11 is 0. The topological polar surface area (TPSA) is 9.23 Å². The van der Waals surface area contributed by atoms with Crippen molar-refractivity contribution in [3.63, 3.8) is 0 Å². The first-order chi connectivity index (χ1) is 10.7. The maximum atomic E-state index is 5.87. The van der Waals surface area contributed by atoms with Gasteiger partial charge in [0.25, 0.3) is 0 Å². The first-order valence-electron chi connectivity index (χ1n) is 8.13. The number of hydrogen-bond acceptors (Lipinski definition) is 1. The lowest BCUT2D eigenvalue weighted by molar-refractivity contribution is 0.170. The predicted octanol–water partition coefficient (Wildman–Crippen LogP) is 4.53. The average Bonchev–Trinajstić information content (AvgIpc) is 3.05. The molecule has 2 radical (unpaired) electrons. The Hall–Kier alpha value is -1.60. The summed E-state index contributed by atoms with van der Waals surface area (Å²) in [6.07, 6.45) is 0. The molecule has 112 valence electrons.